The summed E-state index contributed by atoms with van der Waals surface area (Å²) in [4.78, 5) is 23.4. The lowest BCUT2D eigenvalue weighted by Crippen LogP contribution is -2.99. The fraction of sp³-hybridized carbons (Fsp3) is 0.0833. The first-order chi connectivity index (χ1) is 10.5. The Hall–Kier alpha value is -2.95. The van der Waals surface area contributed by atoms with Crippen LogP contribution in [-0.2, 0) is 4.74 Å². The Balaban J connectivity index is 2.48. The number of hydrazine groups is 1. The molecular weight excluding hydrogens is 294 g/mol. The quantitative estimate of drug-likeness (QED) is 0.550. The zero-order chi connectivity index (χ0) is 16.1. The second kappa shape index (κ2) is 6.67. The molecule has 22 heavy (non-hydrogen) atoms. The average molecular weight is 307 g/mol. The standard InChI is InChI=1S/C12H13N5O5/c1-22-12(19)15-14-10-9(17(20)21)7-13-16(11(10)18)8-5-3-2-4-6-8/h2-7,14,17,20H,1H3,(H,15,19). The van der Waals surface area contributed by atoms with Gasteiger partial charge in [-0.2, -0.15) is 15.0 Å². The van der Waals surface area contributed by atoms with Crippen molar-refractivity contribution in [3.8, 4) is 5.69 Å². The zero-order valence-corrected chi connectivity index (χ0v) is 11.4. The number of anilines is 1. The Morgan fingerprint density at radius 2 is 2.09 bits per heavy atom. The van der Waals surface area contributed by atoms with E-state index in [1.807, 2.05) is 5.43 Å². The number of hydrogen-bond acceptors (Lipinski definition) is 7. The zero-order valence-electron chi connectivity index (χ0n) is 11.4. The first kappa shape index (κ1) is 15.4. The number of amides is 1. The molecule has 1 aromatic heterocycles. The molecule has 1 unspecified atom stereocenters. The lowest BCUT2D eigenvalue weighted by molar-refractivity contribution is -0.991. The molecule has 0 spiro atoms. The van der Waals surface area contributed by atoms with Crippen molar-refractivity contribution in [3.63, 3.8) is 0 Å². The van der Waals surface area contributed by atoms with Gasteiger partial charge in [0, 0.05) is 0 Å². The Bertz CT molecular complexity index is 716. The number of quaternary nitrogens is 1. The number of nitrogens with zero attached hydrogens (tertiary/aromatic N) is 2. The lowest BCUT2D eigenvalue weighted by atomic mass is 10.3. The fourth-order valence-electron chi connectivity index (χ4n) is 1.65. The molecule has 0 aliphatic rings. The number of carbonyl (C=O) groups excluding carboxylic acids is 1. The van der Waals surface area contributed by atoms with Crippen LogP contribution in [0.5, 0.6) is 0 Å². The van der Waals surface area contributed by atoms with Crippen LogP contribution in [0.2, 0.25) is 0 Å². The van der Waals surface area contributed by atoms with Gasteiger partial charge in [-0.15, -0.1) is 0 Å². The summed E-state index contributed by atoms with van der Waals surface area (Å²) in [7, 11) is 1.13. The smallest absolute Gasteiger partial charge is 0.425 e. The van der Waals surface area contributed by atoms with Crippen molar-refractivity contribution in [1.29, 1.82) is 0 Å². The number of nitrogens with one attached hydrogen (secondary N) is 3. The van der Waals surface area contributed by atoms with E-state index in [9.17, 15) is 14.8 Å². The highest BCUT2D eigenvalue weighted by Gasteiger charge is 2.18. The van der Waals surface area contributed by atoms with E-state index in [-0.39, 0.29) is 11.4 Å². The number of methoxy groups -OCH3 is 1. The molecule has 2 rings (SSSR count). The number of ether oxygens (including phenoxy) is 1. The lowest BCUT2D eigenvalue weighted by Gasteiger charge is -2.17. The van der Waals surface area contributed by atoms with Gasteiger partial charge in [0.25, 0.3) is 0 Å². The summed E-state index contributed by atoms with van der Waals surface area (Å²) in [6, 6.07) is 8.43. The predicted octanol–water partition coefficient (Wildman–Crippen LogP) is -0.681. The van der Waals surface area contributed by atoms with Gasteiger partial charge in [0.05, 0.1) is 12.8 Å². The summed E-state index contributed by atoms with van der Waals surface area (Å²) in [5, 5.41) is 22.7. The van der Waals surface area contributed by atoms with E-state index in [0.717, 1.165) is 18.0 Å². The number of rotatable bonds is 4. The molecule has 0 radical (unpaired) electrons. The van der Waals surface area contributed by atoms with Gasteiger partial charge in [0.2, 0.25) is 5.69 Å². The van der Waals surface area contributed by atoms with Crippen molar-refractivity contribution >= 4 is 17.5 Å². The molecule has 1 heterocycles. The van der Waals surface area contributed by atoms with Crippen LogP contribution in [0, 0.1) is 5.21 Å². The number of aromatic nitrogens is 2. The SMILES string of the molecule is COC(=O)NNc1c([NH+]([O-])O)cnn(-c2ccccc2)c1=O. The molecular formula is C12H13N5O5. The van der Waals surface area contributed by atoms with Gasteiger partial charge < -0.3 is 9.94 Å². The van der Waals surface area contributed by atoms with Gasteiger partial charge in [-0.3, -0.25) is 10.2 Å². The molecule has 10 heteroatoms. The summed E-state index contributed by atoms with van der Waals surface area (Å²) >= 11 is 0. The molecule has 0 saturated carbocycles. The predicted molar refractivity (Wildman–Crippen MR) is 74.8 cm³/mol. The highest BCUT2D eigenvalue weighted by molar-refractivity contribution is 5.70. The highest BCUT2D eigenvalue weighted by Crippen LogP contribution is 2.11. The van der Waals surface area contributed by atoms with E-state index in [1.165, 1.54) is 0 Å². The molecule has 10 nitrogen and oxygen atoms in total. The molecule has 0 fully saturated rings. The molecule has 2 aromatic rings. The summed E-state index contributed by atoms with van der Waals surface area (Å²) in [6.07, 6.45) is 0.136. The summed E-state index contributed by atoms with van der Waals surface area (Å²) in [5.41, 5.74) is 3.29. The van der Waals surface area contributed by atoms with Crippen molar-refractivity contribution in [2.45, 2.75) is 0 Å². The monoisotopic (exact) mass is 307 g/mol. The van der Waals surface area contributed by atoms with Crippen molar-refractivity contribution in [1.82, 2.24) is 15.2 Å². The topological polar surface area (TPSA) is 133 Å². The van der Waals surface area contributed by atoms with Crippen LogP contribution in [0.4, 0.5) is 16.2 Å². The minimum atomic E-state index is -1.36. The largest absolute Gasteiger partial charge is 0.595 e. The molecule has 1 atom stereocenters. The molecule has 0 bridgehead atoms. The van der Waals surface area contributed by atoms with Crippen molar-refractivity contribution in [2.75, 3.05) is 12.5 Å². The van der Waals surface area contributed by atoms with Crippen LogP contribution in [0.25, 0.3) is 5.69 Å². The van der Waals surface area contributed by atoms with Crippen LogP contribution >= 0.6 is 0 Å². The normalized spacial score (nSPS) is 11.6. The third kappa shape index (κ3) is 3.20. The van der Waals surface area contributed by atoms with E-state index in [4.69, 9.17) is 5.21 Å². The minimum Gasteiger partial charge on any atom is -0.595 e. The van der Waals surface area contributed by atoms with E-state index in [1.54, 1.807) is 30.3 Å². The minimum absolute atomic E-state index is 0.336. The number of benzene rings is 1. The Morgan fingerprint density at radius 1 is 1.41 bits per heavy atom. The molecule has 116 valence electrons. The van der Waals surface area contributed by atoms with Gasteiger partial charge in [0.1, 0.15) is 6.20 Å². The van der Waals surface area contributed by atoms with Crippen LogP contribution in [0.1, 0.15) is 0 Å². The Kier molecular flexibility index (Phi) is 4.68. The van der Waals surface area contributed by atoms with Gasteiger partial charge in [-0.05, 0) is 12.1 Å². The molecule has 1 amide bonds. The van der Waals surface area contributed by atoms with Gasteiger partial charge in [-0.1, -0.05) is 18.2 Å². The molecule has 1 aromatic carbocycles. The third-order valence-electron chi connectivity index (χ3n) is 2.68. The van der Waals surface area contributed by atoms with Crippen LogP contribution in [-0.4, -0.2) is 28.2 Å². The van der Waals surface area contributed by atoms with Gasteiger partial charge in [0.15, 0.2) is 5.69 Å². The van der Waals surface area contributed by atoms with E-state index in [0.29, 0.717) is 5.69 Å². The summed E-state index contributed by atoms with van der Waals surface area (Å²) in [6.45, 7) is 0. The van der Waals surface area contributed by atoms with E-state index >= 15 is 0 Å². The van der Waals surface area contributed by atoms with Crippen molar-refractivity contribution in [2.24, 2.45) is 0 Å². The van der Waals surface area contributed by atoms with Crippen LogP contribution < -0.4 is 21.6 Å². The number of hydrogen-bond donors (Lipinski definition) is 4. The molecule has 4 N–H and O–H groups in total. The maximum Gasteiger partial charge on any atom is 0.425 e. The van der Waals surface area contributed by atoms with E-state index in [2.05, 4.69) is 15.3 Å². The summed E-state index contributed by atoms with van der Waals surface area (Å²) in [5.74, 6) is 0. The molecule has 0 aliphatic carbocycles. The number of carbonyl (C=O) groups is 1. The first-order valence-corrected chi connectivity index (χ1v) is 6.05. The number of para-hydroxylation sites is 1. The van der Waals surface area contributed by atoms with Gasteiger partial charge in [-0.25, -0.2) is 15.4 Å². The summed E-state index contributed by atoms with van der Waals surface area (Å²) < 4.78 is 5.35. The van der Waals surface area contributed by atoms with E-state index < -0.39 is 16.9 Å². The average Bonchev–Trinajstić information content (AvgIpc) is 2.53. The van der Waals surface area contributed by atoms with Gasteiger partial charge >= 0.3 is 11.7 Å². The highest BCUT2D eigenvalue weighted by atomic mass is 16.8. The molecule has 0 saturated heterocycles. The Labute approximate surface area is 124 Å². The molecule has 0 aliphatic heterocycles. The second-order valence-corrected chi connectivity index (χ2v) is 4.03. The third-order valence-corrected chi connectivity index (χ3v) is 2.68. The maximum atomic E-state index is 12.4. The maximum absolute atomic E-state index is 12.4. The second-order valence-electron chi connectivity index (χ2n) is 4.03. The van der Waals surface area contributed by atoms with Crippen LogP contribution in [0.3, 0.4) is 0 Å². The Morgan fingerprint density at radius 3 is 2.68 bits per heavy atom. The van der Waals surface area contributed by atoms with Crippen molar-refractivity contribution in [3.05, 3.63) is 52.1 Å². The van der Waals surface area contributed by atoms with Crippen LogP contribution in [0.15, 0.2) is 41.3 Å². The fourth-order valence-corrected chi connectivity index (χ4v) is 1.65. The first-order valence-electron chi connectivity index (χ1n) is 6.05. The van der Waals surface area contributed by atoms with Crippen molar-refractivity contribution < 1.29 is 20.0 Å².